The van der Waals surface area contributed by atoms with Crippen LogP contribution < -0.4 is 10.1 Å². The monoisotopic (exact) mass is 440 g/mol. The van der Waals surface area contributed by atoms with Crippen molar-refractivity contribution in [2.24, 2.45) is 12.0 Å². The Morgan fingerprint density at radius 3 is 2.50 bits per heavy atom. The molecule has 0 saturated heterocycles. The SMILES string of the molecule is CCCCc1ccc(N=c2scc(CC(=O)Nc3ccc(C#N)cc3)n2C)cc1.Cl. The van der Waals surface area contributed by atoms with Gasteiger partial charge < -0.3 is 9.88 Å². The summed E-state index contributed by atoms with van der Waals surface area (Å²) in [7, 11) is 1.93. The number of unbranched alkanes of at least 4 members (excludes halogenated alkanes) is 1. The highest BCUT2D eigenvalue weighted by molar-refractivity contribution is 7.07. The van der Waals surface area contributed by atoms with Crippen molar-refractivity contribution in [3.8, 4) is 6.07 Å². The van der Waals surface area contributed by atoms with Crippen LogP contribution in [0.3, 0.4) is 0 Å². The first-order valence-corrected chi connectivity index (χ1v) is 10.5. The molecule has 1 heterocycles. The summed E-state index contributed by atoms with van der Waals surface area (Å²) >= 11 is 1.52. The molecule has 5 nitrogen and oxygen atoms in total. The summed E-state index contributed by atoms with van der Waals surface area (Å²) in [5.41, 5.74) is 4.40. The number of rotatable bonds is 7. The number of hydrogen-bond acceptors (Lipinski definition) is 4. The molecular formula is C23H25ClN4OS. The Balaban J connectivity index is 0.00000320. The molecule has 30 heavy (non-hydrogen) atoms. The zero-order chi connectivity index (χ0) is 20.6. The smallest absolute Gasteiger partial charge is 0.230 e. The van der Waals surface area contributed by atoms with Crippen molar-refractivity contribution in [1.82, 2.24) is 4.57 Å². The number of benzene rings is 2. The van der Waals surface area contributed by atoms with Gasteiger partial charge in [0, 0.05) is 23.8 Å². The molecule has 1 amide bonds. The minimum absolute atomic E-state index is 0. The van der Waals surface area contributed by atoms with E-state index in [9.17, 15) is 4.79 Å². The van der Waals surface area contributed by atoms with Gasteiger partial charge in [0.2, 0.25) is 5.91 Å². The van der Waals surface area contributed by atoms with Crippen LogP contribution in [0.5, 0.6) is 0 Å². The van der Waals surface area contributed by atoms with Crippen molar-refractivity contribution in [2.45, 2.75) is 32.6 Å². The van der Waals surface area contributed by atoms with Gasteiger partial charge >= 0.3 is 0 Å². The molecule has 0 unspecified atom stereocenters. The van der Waals surface area contributed by atoms with Crippen LogP contribution >= 0.6 is 23.7 Å². The maximum Gasteiger partial charge on any atom is 0.230 e. The molecule has 0 atom stereocenters. The molecule has 0 bridgehead atoms. The average Bonchev–Trinajstić information content (AvgIpc) is 3.07. The maximum atomic E-state index is 12.4. The summed E-state index contributed by atoms with van der Waals surface area (Å²) in [5, 5.41) is 13.7. The molecule has 0 spiro atoms. The number of anilines is 1. The topological polar surface area (TPSA) is 70.2 Å². The van der Waals surface area contributed by atoms with Gasteiger partial charge in [0.05, 0.1) is 23.7 Å². The van der Waals surface area contributed by atoms with Crippen LogP contribution in [-0.2, 0) is 24.7 Å². The number of nitriles is 1. The molecule has 0 fully saturated rings. The van der Waals surface area contributed by atoms with Crippen LogP contribution in [-0.4, -0.2) is 10.5 Å². The fraction of sp³-hybridized carbons (Fsp3) is 0.261. The van der Waals surface area contributed by atoms with Gasteiger partial charge in [-0.1, -0.05) is 25.5 Å². The second-order valence-corrected chi connectivity index (χ2v) is 7.70. The highest BCUT2D eigenvalue weighted by atomic mass is 35.5. The maximum absolute atomic E-state index is 12.4. The molecule has 3 aromatic rings. The first-order valence-electron chi connectivity index (χ1n) is 9.66. The van der Waals surface area contributed by atoms with Gasteiger partial charge in [0.25, 0.3) is 0 Å². The predicted molar refractivity (Wildman–Crippen MR) is 124 cm³/mol. The van der Waals surface area contributed by atoms with Crippen LogP contribution in [0.15, 0.2) is 58.9 Å². The van der Waals surface area contributed by atoms with Crippen LogP contribution in [0.25, 0.3) is 0 Å². The fourth-order valence-electron chi connectivity index (χ4n) is 2.89. The number of aryl methyl sites for hydroxylation is 1. The van der Waals surface area contributed by atoms with Gasteiger partial charge in [-0.25, -0.2) is 4.99 Å². The lowest BCUT2D eigenvalue weighted by molar-refractivity contribution is -0.115. The van der Waals surface area contributed by atoms with E-state index < -0.39 is 0 Å². The Bertz CT molecular complexity index is 1080. The van der Waals surface area contributed by atoms with Crippen molar-refractivity contribution < 1.29 is 4.79 Å². The Morgan fingerprint density at radius 1 is 1.17 bits per heavy atom. The van der Waals surface area contributed by atoms with E-state index in [1.165, 1.54) is 29.7 Å². The number of hydrogen-bond donors (Lipinski definition) is 1. The van der Waals surface area contributed by atoms with Crippen molar-refractivity contribution in [3.05, 3.63) is 75.5 Å². The zero-order valence-electron chi connectivity index (χ0n) is 17.1. The largest absolute Gasteiger partial charge is 0.326 e. The van der Waals surface area contributed by atoms with Crippen molar-refractivity contribution in [3.63, 3.8) is 0 Å². The zero-order valence-corrected chi connectivity index (χ0v) is 18.7. The van der Waals surface area contributed by atoms with E-state index in [4.69, 9.17) is 10.3 Å². The van der Waals surface area contributed by atoms with E-state index >= 15 is 0 Å². The highest BCUT2D eigenvalue weighted by Crippen LogP contribution is 2.15. The van der Waals surface area contributed by atoms with Crippen molar-refractivity contribution in [2.75, 3.05) is 5.32 Å². The van der Waals surface area contributed by atoms with E-state index in [1.54, 1.807) is 24.3 Å². The Kier molecular flexibility index (Phi) is 8.85. The lowest BCUT2D eigenvalue weighted by Crippen LogP contribution is -2.19. The average molecular weight is 441 g/mol. The summed E-state index contributed by atoms with van der Waals surface area (Å²) in [5.74, 6) is -0.102. The van der Waals surface area contributed by atoms with E-state index in [0.717, 1.165) is 22.6 Å². The standard InChI is InChI=1S/C23H24N4OS.ClH/c1-3-4-5-17-6-10-20(11-7-17)26-23-27(2)21(16-29-23)14-22(28)25-19-12-8-18(15-24)9-13-19;/h6-13,16H,3-5,14H2,1-2H3,(H,25,28);1H. The molecule has 0 aliphatic carbocycles. The minimum Gasteiger partial charge on any atom is -0.326 e. The van der Waals surface area contributed by atoms with Crippen LogP contribution in [0.1, 0.15) is 36.6 Å². The summed E-state index contributed by atoms with van der Waals surface area (Å²) in [4.78, 5) is 17.9. The second kappa shape index (κ2) is 11.3. The van der Waals surface area contributed by atoms with Gasteiger partial charge in [-0.3, -0.25) is 4.79 Å². The number of thiazole rings is 1. The van der Waals surface area contributed by atoms with Gasteiger partial charge in [0.1, 0.15) is 0 Å². The van der Waals surface area contributed by atoms with E-state index in [0.29, 0.717) is 11.3 Å². The molecule has 3 rings (SSSR count). The van der Waals surface area contributed by atoms with Gasteiger partial charge in [-0.15, -0.1) is 23.7 Å². The number of amides is 1. The molecule has 0 aliphatic rings. The number of carbonyl (C=O) groups excluding carboxylic acids is 1. The number of nitrogens with zero attached hydrogens (tertiary/aromatic N) is 3. The normalized spacial score (nSPS) is 10.9. The Labute approximate surface area is 187 Å². The quantitative estimate of drug-likeness (QED) is 0.552. The van der Waals surface area contributed by atoms with Crippen molar-refractivity contribution >= 4 is 41.0 Å². The molecule has 7 heteroatoms. The molecular weight excluding hydrogens is 416 g/mol. The number of halogens is 1. The molecule has 1 aromatic heterocycles. The van der Waals surface area contributed by atoms with Crippen molar-refractivity contribution in [1.29, 1.82) is 5.26 Å². The van der Waals surface area contributed by atoms with Crippen LogP contribution in [0.2, 0.25) is 0 Å². The summed E-state index contributed by atoms with van der Waals surface area (Å²) < 4.78 is 1.95. The number of nitrogens with one attached hydrogen (secondary N) is 1. The highest BCUT2D eigenvalue weighted by Gasteiger charge is 2.09. The number of carbonyl (C=O) groups is 1. The van der Waals surface area contributed by atoms with E-state index in [1.807, 2.05) is 29.1 Å². The van der Waals surface area contributed by atoms with E-state index in [2.05, 4.69) is 30.4 Å². The van der Waals surface area contributed by atoms with E-state index in [-0.39, 0.29) is 24.7 Å². The Morgan fingerprint density at radius 2 is 1.87 bits per heavy atom. The van der Waals surface area contributed by atoms with Crippen LogP contribution in [0.4, 0.5) is 11.4 Å². The molecule has 2 aromatic carbocycles. The van der Waals surface area contributed by atoms with Gasteiger partial charge in [-0.2, -0.15) is 5.26 Å². The third-order valence-electron chi connectivity index (χ3n) is 4.64. The third-order valence-corrected chi connectivity index (χ3v) is 5.60. The van der Waals surface area contributed by atoms with Gasteiger partial charge in [-0.05, 0) is 54.8 Å². The first kappa shape index (κ1) is 23.4. The van der Waals surface area contributed by atoms with Gasteiger partial charge in [0.15, 0.2) is 4.80 Å². The third kappa shape index (κ3) is 6.31. The second-order valence-electron chi connectivity index (χ2n) is 6.86. The predicted octanol–water partition coefficient (Wildman–Crippen LogP) is 5.14. The molecule has 1 N–H and O–H groups in total. The molecule has 0 saturated carbocycles. The Hall–Kier alpha value is -2.88. The summed E-state index contributed by atoms with van der Waals surface area (Å²) in [6, 6.07) is 17.3. The molecule has 0 aliphatic heterocycles. The fourth-order valence-corrected chi connectivity index (χ4v) is 3.81. The lowest BCUT2D eigenvalue weighted by atomic mass is 10.1. The summed E-state index contributed by atoms with van der Waals surface area (Å²) in [6.45, 7) is 2.20. The summed E-state index contributed by atoms with van der Waals surface area (Å²) in [6.07, 6.45) is 3.75. The van der Waals surface area contributed by atoms with Crippen LogP contribution in [0, 0.1) is 11.3 Å². The molecule has 0 radical (unpaired) electrons. The molecule has 156 valence electrons. The first-order chi connectivity index (χ1) is 14.1. The number of aromatic nitrogens is 1. The minimum atomic E-state index is -0.102. The lowest BCUT2D eigenvalue weighted by Gasteiger charge is -2.06.